The van der Waals surface area contributed by atoms with Crippen LogP contribution in [0.25, 0.3) is 5.57 Å². The average Bonchev–Trinajstić information content (AvgIpc) is 3.19. The highest BCUT2D eigenvalue weighted by atomic mass is 32.2. The summed E-state index contributed by atoms with van der Waals surface area (Å²) in [7, 11) is 0. The molecule has 196 valence electrons. The van der Waals surface area contributed by atoms with Crippen molar-refractivity contribution in [1.29, 1.82) is 0 Å². The molecule has 8 nitrogen and oxygen atoms in total. The van der Waals surface area contributed by atoms with Gasteiger partial charge in [0.05, 0.1) is 11.9 Å². The van der Waals surface area contributed by atoms with E-state index in [1.807, 2.05) is 36.4 Å². The summed E-state index contributed by atoms with van der Waals surface area (Å²) in [6.45, 7) is 6.61. The number of nitrogens with one attached hydrogen (secondary N) is 2. The van der Waals surface area contributed by atoms with Gasteiger partial charge in [-0.15, -0.1) is 0 Å². The van der Waals surface area contributed by atoms with Gasteiger partial charge in [-0.2, -0.15) is 0 Å². The molecule has 1 aliphatic carbocycles. The number of hydrogen-bond acceptors (Lipinski definition) is 8. The van der Waals surface area contributed by atoms with Crippen LogP contribution >= 0.6 is 11.8 Å². The SMILES string of the molecule is CC1=C(c2ccccc2)C(C)(C)C(CNc2ccc(CC3SC(=O)NC3=O)cn2)C(OC[C@@H](O)CO)=C1. The number of amides is 2. The molecule has 0 radical (unpaired) electrons. The van der Waals surface area contributed by atoms with Crippen LogP contribution in [0.1, 0.15) is 31.9 Å². The third kappa shape index (κ3) is 6.23. The molecule has 1 saturated heterocycles. The van der Waals surface area contributed by atoms with Crippen molar-refractivity contribution in [3.8, 4) is 0 Å². The first-order valence-electron chi connectivity index (χ1n) is 12.3. The molecule has 1 aromatic heterocycles. The molecule has 1 aliphatic heterocycles. The quantitative estimate of drug-likeness (QED) is 0.371. The Kier molecular flexibility index (Phi) is 8.36. The summed E-state index contributed by atoms with van der Waals surface area (Å²) in [6.07, 6.45) is 3.22. The largest absolute Gasteiger partial charge is 0.495 e. The fourth-order valence-corrected chi connectivity index (χ4v) is 5.83. The molecule has 1 fully saturated rings. The number of anilines is 1. The van der Waals surface area contributed by atoms with E-state index in [0.717, 1.165) is 34.2 Å². The molecule has 1 aromatic carbocycles. The van der Waals surface area contributed by atoms with Crippen molar-refractivity contribution >= 4 is 34.3 Å². The van der Waals surface area contributed by atoms with Crippen LogP contribution in [-0.4, -0.2) is 57.5 Å². The van der Waals surface area contributed by atoms with Gasteiger partial charge in [0.1, 0.15) is 24.3 Å². The minimum absolute atomic E-state index is 0.00503. The van der Waals surface area contributed by atoms with Gasteiger partial charge in [-0.1, -0.05) is 62.0 Å². The number of hydrogen-bond donors (Lipinski definition) is 4. The highest BCUT2D eigenvalue weighted by Crippen LogP contribution is 2.49. The number of carbonyl (C=O) groups is 2. The summed E-state index contributed by atoms with van der Waals surface area (Å²) in [6, 6.07) is 14.0. The first-order chi connectivity index (χ1) is 17.7. The molecule has 2 amide bonds. The molecule has 0 spiro atoms. The third-order valence-electron chi connectivity index (χ3n) is 6.83. The number of imide groups is 1. The smallest absolute Gasteiger partial charge is 0.286 e. The summed E-state index contributed by atoms with van der Waals surface area (Å²) < 4.78 is 6.03. The number of carbonyl (C=O) groups excluding carboxylic acids is 2. The van der Waals surface area contributed by atoms with Crippen LogP contribution in [0.2, 0.25) is 0 Å². The fourth-order valence-electron chi connectivity index (χ4n) is 4.97. The van der Waals surface area contributed by atoms with Gasteiger partial charge in [-0.25, -0.2) is 4.98 Å². The van der Waals surface area contributed by atoms with Crippen molar-refractivity contribution in [2.24, 2.45) is 11.3 Å². The number of aliphatic hydroxyl groups excluding tert-OH is 2. The Morgan fingerprint density at radius 3 is 2.57 bits per heavy atom. The van der Waals surface area contributed by atoms with Crippen LogP contribution in [0.3, 0.4) is 0 Å². The second kappa shape index (κ2) is 11.5. The van der Waals surface area contributed by atoms with E-state index in [9.17, 15) is 19.8 Å². The Labute approximate surface area is 221 Å². The molecule has 0 bridgehead atoms. The van der Waals surface area contributed by atoms with E-state index in [1.54, 1.807) is 6.20 Å². The topological polar surface area (TPSA) is 121 Å². The highest BCUT2D eigenvalue weighted by Gasteiger charge is 2.41. The van der Waals surface area contributed by atoms with E-state index in [1.165, 1.54) is 5.57 Å². The van der Waals surface area contributed by atoms with Gasteiger partial charge in [-0.3, -0.25) is 14.9 Å². The number of rotatable bonds is 10. The lowest BCUT2D eigenvalue weighted by atomic mass is 9.65. The Morgan fingerprint density at radius 2 is 1.95 bits per heavy atom. The van der Waals surface area contributed by atoms with Gasteiger partial charge < -0.3 is 20.3 Å². The van der Waals surface area contributed by atoms with Gasteiger partial charge in [-0.05, 0) is 47.8 Å². The number of ether oxygens (including phenoxy) is 1. The van der Waals surface area contributed by atoms with Crippen LogP contribution < -0.4 is 10.6 Å². The van der Waals surface area contributed by atoms with E-state index in [-0.39, 0.29) is 35.7 Å². The summed E-state index contributed by atoms with van der Waals surface area (Å²) in [5.41, 5.74) is 4.02. The molecule has 4 N–H and O–H groups in total. The second-order valence-electron chi connectivity index (χ2n) is 9.91. The van der Waals surface area contributed by atoms with Gasteiger partial charge in [0.2, 0.25) is 5.91 Å². The first kappa shape index (κ1) is 26.9. The van der Waals surface area contributed by atoms with E-state index in [4.69, 9.17) is 4.74 Å². The molecular weight excluding hydrogens is 490 g/mol. The van der Waals surface area contributed by atoms with Crippen molar-refractivity contribution < 1.29 is 24.5 Å². The zero-order chi connectivity index (χ0) is 26.6. The summed E-state index contributed by atoms with van der Waals surface area (Å²) in [5, 5.41) is 24.1. The molecule has 2 heterocycles. The Hall–Kier alpha value is -3.14. The van der Waals surface area contributed by atoms with E-state index in [2.05, 4.69) is 48.5 Å². The van der Waals surface area contributed by atoms with Gasteiger partial charge in [0.25, 0.3) is 5.24 Å². The molecule has 37 heavy (non-hydrogen) atoms. The average molecular weight is 524 g/mol. The molecule has 4 rings (SSSR count). The molecule has 0 saturated carbocycles. The fraction of sp³-hybridized carbons (Fsp3) is 0.393. The lowest BCUT2D eigenvalue weighted by Gasteiger charge is -2.42. The molecule has 2 aromatic rings. The van der Waals surface area contributed by atoms with E-state index >= 15 is 0 Å². The number of aromatic nitrogens is 1. The van der Waals surface area contributed by atoms with Crippen LogP contribution in [0.5, 0.6) is 0 Å². The maximum absolute atomic E-state index is 11.9. The summed E-state index contributed by atoms with van der Waals surface area (Å²) >= 11 is 1.01. The lowest BCUT2D eigenvalue weighted by Crippen LogP contribution is -2.37. The minimum atomic E-state index is -0.956. The molecule has 2 aliphatic rings. The van der Waals surface area contributed by atoms with E-state index < -0.39 is 11.4 Å². The van der Waals surface area contributed by atoms with Crippen LogP contribution in [0, 0.1) is 11.3 Å². The Balaban J connectivity index is 1.51. The third-order valence-corrected chi connectivity index (χ3v) is 7.81. The zero-order valence-corrected chi connectivity index (χ0v) is 22.0. The normalized spacial score (nSPS) is 21.9. The molecule has 9 heteroatoms. The van der Waals surface area contributed by atoms with Crippen molar-refractivity contribution in [3.63, 3.8) is 0 Å². The number of benzene rings is 1. The number of nitrogens with zero attached hydrogens (tertiary/aromatic N) is 1. The number of pyridine rings is 1. The standard InChI is InChI=1S/C28H33N3O5S/c1-17-11-22(36-16-20(33)15-32)21(28(2,3)25(17)19-7-5-4-6-8-19)14-30-24-10-9-18(13-29-24)12-23-26(34)31-27(35)37-23/h4-11,13,20-21,23,32-33H,12,14-16H2,1-3H3,(H,29,30)(H,31,34,35)/t20-,21?,23?/m0/s1. The van der Waals surface area contributed by atoms with Crippen molar-refractivity contribution in [2.45, 2.75) is 38.5 Å². The van der Waals surface area contributed by atoms with Gasteiger partial charge >= 0.3 is 0 Å². The van der Waals surface area contributed by atoms with Crippen LogP contribution in [0.4, 0.5) is 10.6 Å². The Morgan fingerprint density at radius 1 is 1.19 bits per heavy atom. The van der Waals surface area contributed by atoms with Crippen LogP contribution in [-0.2, 0) is 16.0 Å². The minimum Gasteiger partial charge on any atom is -0.495 e. The summed E-state index contributed by atoms with van der Waals surface area (Å²) in [5.74, 6) is 1.08. The Bertz CT molecular complexity index is 1190. The predicted molar refractivity (Wildman–Crippen MR) is 145 cm³/mol. The lowest BCUT2D eigenvalue weighted by molar-refractivity contribution is -0.118. The number of allylic oxidation sites excluding steroid dienone is 3. The zero-order valence-electron chi connectivity index (χ0n) is 21.2. The second-order valence-corrected chi connectivity index (χ2v) is 11.1. The maximum atomic E-state index is 11.9. The number of aliphatic hydroxyl groups is 2. The van der Waals surface area contributed by atoms with Gasteiger partial charge in [0, 0.05) is 24.1 Å². The molecule has 2 unspecified atom stereocenters. The van der Waals surface area contributed by atoms with Crippen LogP contribution in [0.15, 0.2) is 66.1 Å². The van der Waals surface area contributed by atoms with E-state index in [0.29, 0.717) is 18.8 Å². The summed E-state index contributed by atoms with van der Waals surface area (Å²) in [4.78, 5) is 27.8. The van der Waals surface area contributed by atoms with Crippen molar-refractivity contribution in [1.82, 2.24) is 10.3 Å². The van der Waals surface area contributed by atoms with Gasteiger partial charge in [0.15, 0.2) is 0 Å². The van der Waals surface area contributed by atoms with Crippen molar-refractivity contribution in [3.05, 3.63) is 77.2 Å². The maximum Gasteiger partial charge on any atom is 0.286 e. The molecular formula is C28H33N3O5S. The monoisotopic (exact) mass is 523 g/mol. The number of thioether (sulfide) groups is 1. The molecule has 3 atom stereocenters. The van der Waals surface area contributed by atoms with Crippen molar-refractivity contribution in [2.75, 3.05) is 25.1 Å². The highest BCUT2D eigenvalue weighted by molar-refractivity contribution is 8.15. The first-order valence-corrected chi connectivity index (χ1v) is 13.2. The predicted octanol–water partition coefficient (Wildman–Crippen LogP) is 3.77.